The van der Waals surface area contributed by atoms with E-state index in [1.54, 1.807) is 16.9 Å². The minimum Gasteiger partial charge on any atom is -0.393 e. The maximum absolute atomic E-state index is 10.2. The molecule has 0 bridgehead atoms. The summed E-state index contributed by atoms with van der Waals surface area (Å²) in [6.07, 6.45) is 13.8. The molecule has 1 heterocycles. The first-order valence-corrected chi connectivity index (χ1v) is 11.3. The van der Waals surface area contributed by atoms with Crippen molar-refractivity contribution < 1.29 is 5.11 Å². The molecule has 0 aromatic carbocycles. The van der Waals surface area contributed by atoms with E-state index in [1.165, 1.54) is 36.3 Å². The third-order valence-corrected chi connectivity index (χ3v) is 9.46. The molecule has 0 spiro atoms. The Morgan fingerprint density at radius 2 is 1.96 bits per heavy atom. The maximum Gasteiger partial charge on any atom is 0.119 e. The second-order valence-electron chi connectivity index (χ2n) is 9.80. The van der Waals surface area contributed by atoms with Gasteiger partial charge >= 0.3 is 0 Å². The molecule has 2 saturated carbocycles. The fourth-order valence-electron chi connectivity index (χ4n) is 7.26. The topological polar surface area (TPSA) is 33.1 Å². The van der Waals surface area contributed by atoms with Crippen LogP contribution in [0.5, 0.6) is 0 Å². The molecule has 2 fully saturated rings. The molecular weight excluding hydrogens is 338 g/mol. The molecule has 1 aromatic rings. The molecule has 2 unspecified atom stereocenters. The summed E-state index contributed by atoms with van der Waals surface area (Å²) >= 11 is 1.80. The molecular formula is C23H31NOS. The molecule has 1 aromatic heterocycles. The van der Waals surface area contributed by atoms with Crippen LogP contribution in [-0.2, 0) is 0 Å². The highest BCUT2D eigenvalue weighted by molar-refractivity contribution is 7.10. The average Bonchev–Trinajstić information content (AvgIpc) is 3.23. The van der Waals surface area contributed by atoms with Crippen molar-refractivity contribution in [2.24, 2.45) is 34.5 Å². The Labute approximate surface area is 161 Å². The van der Waals surface area contributed by atoms with Gasteiger partial charge in [-0.3, -0.25) is 0 Å². The zero-order valence-corrected chi connectivity index (χ0v) is 17.1. The molecule has 26 heavy (non-hydrogen) atoms. The van der Waals surface area contributed by atoms with Gasteiger partial charge in [-0.15, -0.1) is 11.3 Å². The van der Waals surface area contributed by atoms with E-state index in [0.717, 1.165) is 30.6 Å². The van der Waals surface area contributed by atoms with Crippen LogP contribution in [0.25, 0.3) is 5.57 Å². The first kappa shape index (κ1) is 17.2. The average molecular weight is 370 g/mol. The number of aliphatic hydroxyl groups is 1. The van der Waals surface area contributed by atoms with E-state index in [9.17, 15) is 5.11 Å². The van der Waals surface area contributed by atoms with E-state index in [0.29, 0.717) is 16.7 Å². The van der Waals surface area contributed by atoms with Gasteiger partial charge in [0.05, 0.1) is 6.10 Å². The summed E-state index contributed by atoms with van der Waals surface area (Å²) in [5, 5.41) is 13.6. The van der Waals surface area contributed by atoms with E-state index in [1.807, 2.05) is 6.20 Å². The van der Waals surface area contributed by atoms with Gasteiger partial charge in [0.2, 0.25) is 0 Å². The molecule has 4 aliphatic rings. The summed E-state index contributed by atoms with van der Waals surface area (Å²) in [6, 6.07) is 0. The molecule has 0 aliphatic heterocycles. The van der Waals surface area contributed by atoms with Crippen LogP contribution in [0.4, 0.5) is 0 Å². The van der Waals surface area contributed by atoms with Crippen LogP contribution in [0.3, 0.4) is 0 Å². The number of aromatic nitrogens is 1. The number of nitrogens with zero attached hydrogens (tertiary/aromatic N) is 1. The van der Waals surface area contributed by atoms with Crippen LogP contribution < -0.4 is 0 Å². The Morgan fingerprint density at radius 3 is 2.73 bits per heavy atom. The SMILES string of the molecule is CC1C=C2CC(O)CC[C@]2(C)[C@@H]2CC[C@]3(C)C(c4nccs4)=CC[C@H]3[C@H]12. The Hall–Kier alpha value is -0.930. The largest absolute Gasteiger partial charge is 0.393 e. The van der Waals surface area contributed by atoms with Crippen LogP contribution in [0.15, 0.2) is 29.3 Å². The molecule has 2 nitrogen and oxygen atoms in total. The highest BCUT2D eigenvalue weighted by Gasteiger charge is 2.58. The minimum atomic E-state index is -0.114. The van der Waals surface area contributed by atoms with Crippen LogP contribution in [-0.4, -0.2) is 16.2 Å². The number of rotatable bonds is 1. The molecule has 4 aliphatic carbocycles. The first-order valence-electron chi connectivity index (χ1n) is 10.4. The Kier molecular flexibility index (Phi) is 3.82. The van der Waals surface area contributed by atoms with Crippen LogP contribution in [0.1, 0.15) is 64.3 Å². The Morgan fingerprint density at radius 1 is 1.15 bits per heavy atom. The van der Waals surface area contributed by atoms with Crippen LogP contribution in [0.2, 0.25) is 0 Å². The number of thiazole rings is 1. The number of allylic oxidation sites excluding steroid dienone is 3. The molecule has 0 saturated heterocycles. The smallest absolute Gasteiger partial charge is 0.119 e. The fourth-order valence-corrected chi connectivity index (χ4v) is 8.07. The molecule has 140 valence electrons. The minimum absolute atomic E-state index is 0.114. The fraction of sp³-hybridized carbons (Fsp3) is 0.696. The first-order chi connectivity index (χ1) is 12.4. The standard InChI is InChI=1S/C23H31NOS/c1-14-12-15-13-16(25)6-8-22(15,2)18-7-9-23(3)17(20(14)18)4-5-19(23)21-24-10-11-26-21/h5,10-12,14,16-18,20,25H,4,6-9,13H2,1-3H3/t14?,16?,17-,18+,20-,22-,23-/m0/s1. The van der Waals surface area contributed by atoms with E-state index in [4.69, 9.17) is 0 Å². The van der Waals surface area contributed by atoms with Gasteiger partial charge < -0.3 is 5.11 Å². The highest BCUT2D eigenvalue weighted by Crippen LogP contribution is 2.67. The van der Waals surface area contributed by atoms with Crippen molar-refractivity contribution in [3.63, 3.8) is 0 Å². The third kappa shape index (κ3) is 2.22. The van der Waals surface area contributed by atoms with E-state index in [-0.39, 0.29) is 6.10 Å². The van der Waals surface area contributed by atoms with Gasteiger partial charge in [0.25, 0.3) is 0 Å². The molecule has 0 radical (unpaired) electrons. The summed E-state index contributed by atoms with van der Waals surface area (Å²) in [7, 11) is 0. The lowest BCUT2D eigenvalue weighted by molar-refractivity contribution is -0.0425. The van der Waals surface area contributed by atoms with Gasteiger partial charge in [0, 0.05) is 11.6 Å². The summed E-state index contributed by atoms with van der Waals surface area (Å²) in [6.45, 7) is 7.48. The number of aliphatic hydroxyl groups excluding tert-OH is 1. The van der Waals surface area contributed by atoms with Gasteiger partial charge in [-0.1, -0.05) is 38.5 Å². The van der Waals surface area contributed by atoms with Gasteiger partial charge in [-0.25, -0.2) is 4.98 Å². The quantitative estimate of drug-likeness (QED) is 0.644. The van der Waals surface area contributed by atoms with Gasteiger partial charge in [-0.2, -0.15) is 0 Å². The normalized spacial score (nSPS) is 47.5. The van der Waals surface area contributed by atoms with Crippen LogP contribution in [0, 0.1) is 34.5 Å². The van der Waals surface area contributed by atoms with Crippen molar-refractivity contribution in [2.75, 3.05) is 0 Å². The lowest BCUT2D eigenvalue weighted by atomic mass is 9.45. The zero-order chi connectivity index (χ0) is 18.1. The van der Waals surface area contributed by atoms with Gasteiger partial charge in [0.15, 0.2) is 0 Å². The van der Waals surface area contributed by atoms with Gasteiger partial charge in [-0.05, 0) is 78.6 Å². The number of fused-ring (bicyclic) bond motifs is 5. The van der Waals surface area contributed by atoms with E-state index < -0.39 is 0 Å². The number of hydrogen-bond donors (Lipinski definition) is 1. The second kappa shape index (κ2) is 5.78. The van der Waals surface area contributed by atoms with Crippen molar-refractivity contribution in [2.45, 2.75) is 65.4 Å². The van der Waals surface area contributed by atoms with E-state index >= 15 is 0 Å². The predicted octanol–water partition coefficient (Wildman–Crippen LogP) is 5.71. The van der Waals surface area contributed by atoms with Crippen molar-refractivity contribution in [3.05, 3.63) is 34.3 Å². The monoisotopic (exact) mass is 369 g/mol. The van der Waals surface area contributed by atoms with Crippen molar-refractivity contribution in [1.82, 2.24) is 4.98 Å². The number of hydrogen-bond acceptors (Lipinski definition) is 3. The second-order valence-corrected chi connectivity index (χ2v) is 10.7. The van der Waals surface area contributed by atoms with Crippen molar-refractivity contribution >= 4 is 16.9 Å². The Balaban J connectivity index is 1.52. The Bertz CT molecular complexity index is 765. The highest BCUT2D eigenvalue weighted by atomic mass is 32.1. The molecule has 1 N–H and O–H groups in total. The summed E-state index contributed by atoms with van der Waals surface area (Å²) in [5.74, 6) is 2.93. The summed E-state index contributed by atoms with van der Waals surface area (Å²) in [5.41, 5.74) is 3.71. The predicted molar refractivity (Wildman–Crippen MR) is 108 cm³/mol. The molecule has 5 rings (SSSR count). The maximum atomic E-state index is 10.2. The summed E-state index contributed by atoms with van der Waals surface area (Å²) in [4.78, 5) is 4.66. The molecule has 3 heteroatoms. The lowest BCUT2D eigenvalue weighted by Gasteiger charge is -2.59. The van der Waals surface area contributed by atoms with Gasteiger partial charge in [0.1, 0.15) is 5.01 Å². The third-order valence-electron chi connectivity index (χ3n) is 8.65. The van der Waals surface area contributed by atoms with E-state index in [2.05, 4.69) is 43.3 Å². The summed E-state index contributed by atoms with van der Waals surface area (Å²) < 4.78 is 0. The van der Waals surface area contributed by atoms with Crippen molar-refractivity contribution in [3.8, 4) is 0 Å². The molecule has 0 amide bonds. The molecule has 7 atom stereocenters. The lowest BCUT2D eigenvalue weighted by Crippen LogP contribution is -2.52. The zero-order valence-electron chi connectivity index (χ0n) is 16.2. The van der Waals surface area contributed by atoms with Crippen molar-refractivity contribution in [1.29, 1.82) is 0 Å². The van der Waals surface area contributed by atoms with Crippen LogP contribution >= 0.6 is 11.3 Å².